The molecule has 2 aromatic heterocycles. The molecule has 1 N–H and O–H groups in total. The van der Waals surface area contributed by atoms with Crippen LogP contribution in [0.2, 0.25) is 0 Å². The molecular weight excluding hydrogens is 330 g/mol. The zero-order valence-corrected chi connectivity index (χ0v) is 15.4. The highest BCUT2D eigenvalue weighted by molar-refractivity contribution is 5.94. The second-order valence-electron chi connectivity index (χ2n) is 6.18. The van der Waals surface area contributed by atoms with Crippen molar-refractivity contribution in [2.45, 2.75) is 33.2 Å². The summed E-state index contributed by atoms with van der Waals surface area (Å²) in [6.07, 6.45) is 2.39. The van der Waals surface area contributed by atoms with E-state index in [9.17, 15) is 4.79 Å². The minimum Gasteiger partial charge on any atom is -0.478 e. The molecule has 2 aromatic rings. The summed E-state index contributed by atoms with van der Waals surface area (Å²) in [5, 5.41) is 0. The van der Waals surface area contributed by atoms with Gasteiger partial charge in [-0.2, -0.15) is 4.98 Å². The first-order valence-corrected chi connectivity index (χ1v) is 8.63. The van der Waals surface area contributed by atoms with Crippen molar-refractivity contribution < 1.29 is 9.53 Å². The number of ether oxygens (including phenoxy) is 1. The molecule has 7 nitrogen and oxygen atoms in total. The third-order valence-corrected chi connectivity index (χ3v) is 4.64. The van der Waals surface area contributed by atoms with Gasteiger partial charge in [-0.25, -0.2) is 4.98 Å². The van der Waals surface area contributed by atoms with Crippen LogP contribution in [0.3, 0.4) is 0 Å². The van der Waals surface area contributed by atoms with Gasteiger partial charge in [0.2, 0.25) is 5.88 Å². The molecule has 1 unspecified atom stereocenters. The van der Waals surface area contributed by atoms with Crippen LogP contribution in [0.1, 0.15) is 36.5 Å². The second-order valence-corrected chi connectivity index (χ2v) is 6.18. The number of carbonyl (C=O) groups is 1. The van der Waals surface area contributed by atoms with E-state index in [-0.39, 0.29) is 17.8 Å². The fourth-order valence-electron chi connectivity index (χ4n) is 3.28. The van der Waals surface area contributed by atoms with E-state index < -0.39 is 0 Å². The van der Waals surface area contributed by atoms with E-state index >= 15 is 0 Å². The number of aryl methyl sites for hydroxylation is 1. The van der Waals surface area contributed by atoms with Crippen molar-refractivity contribution in [3.63, 3.8) is 0 Å². The fourth-order valence-corrected chi connectivity index (χ4v) is 3.28. The van der Waals surface area contributed by atoms with E-state index in [1.54, 1.807) is 11.0 Å². The van der Waals surface area contributed by atoms with Gasteiger partial charge in [0.25, 0.3) is 5.91 Å². The molecule has 0 aliphatic carbocycles. The Kier molecular flexibility index (Phi) is 4.88. The molecule has 0 saturated heterocycles. The smallest absolute Gasteiger partial charge is 0.290 e. The average Bonchev–Trinajstić information content (AvgIpc) is 3.06. The first-order chi connectivity index (χ1) is 12.5. The Labute approximate surface area is 152 Å². The van der Waals surface area contributed by atoms with Gasteiger partial charge < -0.3 is 14.6 Å². The van der Waals surface area contributed by atoms with Crippen molar-refractivity contribution in [2.75, 3.05) is 13.2 Å². The number of pyridine rings is 1. The van der Waals surface area contributed by atoms with Gasteiger partial charge in [-0.3, -0.25) is 9.79 Å². The minimum absolute atomic E-state index is 0.143. The Morgan fingerprint density at radius 2 is 2.31 bits per heavy atom. The predicted octanol–water partition coefficient (Wildman–Crippen LogP) is 3.04. The highest BCUT2D eigenvalue weighted by Gasteiger charge is 2.30. The Bertz CT molecular complexity index is 912. The first kappa shape index (κ1) is 17.8. The number of nitrogens with one attached hydrogen (secondary N) is 1. The Morgan fingerprint density at radius 3 is 2.96 bits per heavy atom. The lowest BCUT2D eigenvalue weighted by Crippen LogP contribution is -2.43. The molecule has 0 saturated carbocycles. The Morgan fingerprint density at radius 1 is 1.54 bits per heavy atom. The fraction of sp³-hybridized carbons (Fsp3) is 0.368. The molecule has 0 radical (unpaired) electrons. The van der Waals surface area contributed by atoms with Crippen LogP contribution in [0, 0.1) is 6.92 Å². The summed E-state index contributed by atoms with van der Waals surface area (Å²) in [5.41, 5.74) is 3.97. The van der Waals surface area contributed by atoms with Crippen molar-refractivity contribution in [3.05, 3.63) is 41.4 Å². The SMILES string of the molecule is C=CC1=C(N=C)CCN(C(=O)c2nc3nc(OCC)cc(C)c3[nH]2)C1C. The molecule has 1 aliphatic rings. The van der Waals surface area contributed by atoms with Crippen LogP contribution in [0.15, 0.2) is 35.0 Å². The van der Waals surface area contributed by atoms with Crippen molar-refractivity contribution in [2.24, 2.45) is 4.99 Å². The van der Waals surface area contributed by atoms with Crippen molar-refractivity contribution in [1.29, 1.82) is 0 Å². The number of aromatic nitrogens is 3. The van der Waals surface area contributed by atoms with E-state index in [1.807, 2.05) is 26.8 Å². The summed E-state index contributed by atoms with van der Waals surface area (Å²) in [6.45, 7) is 14.3. The lowest BCUT2D eigenvalue weighted by molar-refractivity contribution is 0.0698. The van der Waals surface area contributed by atoms with Gasteiger partial charge in [0.15, 0.2) is 11.5 Å². The van der Waals surface area contributed by atoms with Gasteiger partial charge in [0.05, 0.1) is 18.2 Å². The summed E-state index contributed by atoms with van der Waals surface area (Å²) in [5.74, 6) is 0.609. The molecule has 3 heterocycles. The van der Waals surface area contributed by atoms with Crippen molar-refractivity contribution >= 4 is 23.8 Å². The van der Waals surface area contributed by atoms with Crippen LogP contribution in [-0.2, 0) is 0 Å². The van der Waals surface area contributed by atoms with Crippen LogP contribution in [0.25, 0.3) is 11.2 Å². The highest BCUT2D eigenvalue weighted by atomic mass is 16.5. The molecule has 0 fully saturated rings. The van der Waals surface area contributed by atoms with Gasteiger partial charge in [0, 0.05) is 24.7 Å². The third kappa shape index (κ3) is 3.00. The lowest BCUT2D eigenvalue weighted by Gasteiger charge is -2.34. The van der Waals surface area contributed by atoms with E-state index in [4.69, 9.17) is 4.74 Å². The number of fused-ring (bicyclic) bond motifs is 1. The quantitative estimate of drug-likeness (QED) is 0.838. The van der Waals surface area contributed by atoms with Gasteiger partial charge >= 0.3 is 0 Å². The third-order valence-electron chi connectivity index (χ3n) is 4.64. The standard InChI is InChI=1S/C19H23N5O2/c1-6-13-12(4)24(9-8-14(13)20-5)19(25)18-22-16-11(3)10-15(26-7-2)21-17(16)23-18/h6,10,12H,1,5,7-9H2,2-4H3,(H,21,22,23). The molecule has 26 heavy (non-hydrogen) atoms. The molecule has 1 amide bonds. The van der Waals surface area contributed by atoms with E-state index in [1.165, 1.54) is 0 Å². The Hall–Kier alpha value is -2.96. The predicted molar refractivity (Wildman–Crippen MR) is 102 cm³/mol. The molecule has 0 aromatic carbocycles. The number of nitrogens with zero attached hydrogens (tertiary/aromatic N) is 4. The molecule has 0 spiro atoms. The molecule has 136 valence electrons. The largest absolute Gasteiger partial charge is 0.478 e. The van der Waals surface area contributed by atoms with Crippen LogP contribution >= 0.6 is 0 Å². The first-order valence-electron chi connectivity index (χ1n) is 8.63. The maximum Gasteiger partial charge on any atom is 0.290 e. The summed E-state index contributed by atoms with van der Waals surface area (Å²) in [6, 6.07) is 1.69. The number of H-pyrrole nitrogens is 1. The van der Waals surface area contributed by atoms with E-state index in [0.717, 1.165) is 22.4 Å². The number of amides is 1. The molecule has 0 bridgehead atoms. The maximum absolute atomic E-state index is 13.0. The molecule has 1 aliphatic heterocycles. The highest BCUT2D eigenvalue weighted by Crippen LogP contribution is 2.27. The van der Waals surface area contributed by atoms with E-state index in [0.29, 0.717) is 31.1 Å². The number of hydrogen-bond acceptors (Lipinski definition) is 5. The average molecular weight is 353 g/mol. The summed E-state index contributed by atoms with van der Waals surface area (Å²) >= 11 is 0. The van der Waals surface area contributed by atoms with Crippen LogP contribution in [0.4, 0.5) is 0 Å². The van der Waals surface area contributed by atoms with E-state index in [2.05, 4.69) is 33.2 Å². The van der Waals surface area contributed by atoms with Gasteiger partial charge in [-0.1, -0.05) is 12.7 Å². The molecular formula is C19H23N5O2. The van der Waals surface area contributed by atoms with Crippen LogP contribution < -0.4 is 4.74 Å². The molecule has 3 rings (SSSR count). The number of hydrogen-bond donors (Lipinski definition) is 1. The number of aliphatic imine (C=N–C) groups is 1. The monoisotopic (exact) mass is 353 g/mol. The summed E-state index contributed by atoms with van der Waals surface area (Å²) in [7, 11) is 0. The second kappa shape index (κ2) is 7.11. The van der Waals surface area contributed by atoms with Gasteiger partial charge in [-0.15, -0.1) is 0 Å². The maximum atomic E-state index is 13.0. The van der Waals surface area contributed by atoms with Crippen molar-refractivity contribution in [3.8, 4) is 5.88 Å². The van der Waals surface area contributed by atoms with Crippen molar-refractivity contribution in [1.82, 2.24) is 19.9 Å². The normalized spacial score (nSPS) is 17.5. The van der Waals surface area contributed by atoms with Gasteiger partial charge in [0.1, 0.15) is 0 Å². The minimum atomic E-state index is -0.171. The number of imidazole rings is 1. The Balaban J connectivity index is 1.95. The number of carbonyl (C=O) groups excluding carboxylic acids is 1. The zero-order valence-electron chi connectivity index (χ0n) is 15.4. The zero-order chi connectivity index (χ0) is 18.8. The summed E-state index contributed by atoms with van der Waals surface area (Å²) in [4.78, 5) is 30.7. The van der Waals surface area contributed by atoms with Gasteiger partial charge in [-0.05, 0) is 38.6 Å². The molecule has 1 atom stereocenters. The molecule has 7 heteroatoms. The van der Waals surface area contributed by atoms with Crippen LogP contribution in [0.5, 0.6) is 5.88 Å². The van der Waals surface area contributed by atoms with Crippen LogP contribution in [-0.4, -0.2) is 51.7 Å². The summed E-state index contributed by atoms with van der Waals surface area (Å²) < 4.78 is 5.46. The number of aromatic amines is 1. The topological polar surface area (TPSA) is 83.5 Å². The lowest BCUT2D eigenvalue weighted by atomic mass is 9.98. The number of rotatable bonds is 5.